The van der Waals surface area contributed by atoms with E-state index in [1.807, 2.05) is 19.1 Å². The van der Waals surface area contributed by atoms with Gasteiger partial charge < -0.3 is 5.11 Å². The first-order chi connectivity index (χ1) is 10.6. The number of aryl methyl sites for hydroxylation is 1. The average Bonchev–Trinajstić information content (AvgIpc) is 2.54. The molecule has 0 aliphatic carbocycles. The third-order valence-corrected chi connectivity index (χ3v) is 5.86. The summed E-state index contributed by atoms with van der Waals surface area (Å²) in [5.41, 5.74) is 2.38. The van der Waals surface area contributed by atoms with Crippen LogP contribution in [0.25, 0.3) is 0 Å². The quantitative estimate of drug-likeness (QED) is 0.729. The predicted molar refractivity (Wildman–Crippen MR) is 96.4 cm³/mol. The Morgan fingerprint density at radius 1 is 1.14 bits per heavy atom. The van der Waals surface area contributed by atoms with Crippen LogP contribution < -0.4 is 0 Å². The van der Waals surface area contributed by atoms with Gasteiger partial charge in [-0.2, -0.15) is 0 Å². The number of phenols is 1. The molecule has 0 unspecified atom stereocenters. The smallest absolute Gasteiger partial charge is 0.132 e. The monoisotopic (exact) mass is 377 g/mol. The van der Waals surface area contributed by atoms with Crippen molar-refractivity contribution in [2.75, 3.05) is 13.1 Å². The highest BCUT2D eigenvalue weighted by Crippen LogP contribution is 2.37. The van der Waals surface area contributed by atoms with Gasteiger partial charge in [0, 0.05) is 18.0 Å². The number of piperidine rings is 1. The molecule has 116 valence electrons. The van der Waals surface area contributed by atoms with Crippen LogP contribution in [0.3, 0.4) is 0 Å². The molecular formula is C18H20BrNOS. The number of aromatic hydroxyl groups is 1. The van der Waals surface area contributed by atoms with Crippen molar-refractivity contribution in [3.8, 4) is 5.75 Å². The molecule has 1 heterocycles. The van der Waals surface area contributed by atoms with Crippen LogP contribution in [0.4, 0.5) is 0 Å². The maximum atomic E-state index is 9.83. The number of rotatable bonds is 3. The maximum Gasteiger partial charge on any atom is 0.132 e. The van der Waals surface area contributed by atoms with Crippen LogP contribution in [-0.2, 0) is 0 Å². The van der Waals surface area contributed by atoms with Crippen LogP contribution in [0.2, 0.25) is 0 Å². The molecule has 0 amide bonds. The second kappa shape index (κ2) is 7.07. The summed E-state index contributed by atoms with van der Waals surface area (Å²) in [6, 6.07) is 14.9. The summed E-state index contributed by atoms with van der Waals surface area (Å²) in [6.07, 6.45) is 2.41. The number of phenolic OH excluding ortho intramolecular Hbond substituents is 1. The number of hydrogen-bond acceptors (Lipinski definition) is 3. The Bertz CT molecular complexity index is 616. The van der Waals surface area contributed by atoms with Crippen LogP contribution in [0, 0.1) is 6.92 Å². The van der Waals surface area contributed by atoms with Crippen molar-refractivity contribution in [2.45, 2.75) is 30.6 Å². The topological polar surface area (TPSA) is 23.5 Å². The second-order valence-corrected chi connectivity index (χ2v) is 7.80. The van der Waals surface area contributed by atoms with Crippen molar-refractivity contribution in [2.24, 2.45) is 0 Å². The number of nitrogens with zero attached hydrogens (tertiary/aromatic N) is 1. The summed E-state index contributed by atoms with van der Waals surface area (Å²) in [5, 5.41) is 9.83. The predicted octanol–water partition coefficient (Wildman–Crippen LogP) is 5.35. The summed E-state index contributed by atoms with van der Waals surface area (Å²) < 4.78 is 3.20. The van der Waals surface area contributed by atoms with Gasteiger partial charge in [0.2, 0.25) is 0 Å². The molecule has 2 aromatic rings. The van der Waals surface area contributed by atoms with Crippen LogP contribution in [0.15, 0.2) is 51.8 Å². The van der Waals surface area contributed by atoms with Gasteiger partial charge in [0.1, 0.15) is 5.75 Å². The Morgan fingerprint density at radius 3 is 2.45 bits per heavy atom. The SMILES string of the molecule is Cc1cc(SN2CCC(c3ccccc3)CC2)cc(Br)c1O. The fourth-order valence-corrected chi connectivity index (χ4v) is 4.71. The zero-order valence-electron chi connectivity index (χ0n) is 12.6. The molecule has 4 heteroatoms. The molecular weight excluding hydrogens is 358 g/mol. The highest BCUT2D eigenvalue weighted by molar-refractivity contribution is 9.10. The van der Waals surface area contributed by atoms with Gasteiger partial charge in [0.25, 0.3) is 0 Å². The third-order valence-electron chi connectivity index (χ3n) is 4.19. The first-order valence-corrected chi connectivity index (χ1v) is 9.17. The van der Waals surface area contributed by atoms with Crippen molar-refractivity contribution < 1.29 is 5.11 Å². The standard InChI is InChI=1S/C18H20BrNOS/c1-13-11-16(12-17(19)18(13)21)22-20-9-7-15(8-10-20)14-5-3-2-4-6-14/h2-6,11-12,15,21H,7-10H2,1H3. The lowest BCUT2D eigenvalue weighted by atomic mass is 9.90. The van der Waals surface area contributed by atoms with E-state index in [-0.39, 0.29) is 0 Å². The fraction of sp³-hybridized carbons (Fsp3) is 0.333. The lowest BCUT2D eigenvalue weighted by Crippen LogP contribution is -2.27. The van der Waals surface area contributed by atoms with Gasteiger partial charge in [-0.1, -0.05) is 30.3 Å². The number of hydrogen-bond donors (Lipinski definition) is 1. The van der Waals surface area contributed by atoms with Gasteiger partial charge in [-0.3, -0.25) is 0 Å². The summed E-state index contributed by atoms with van der Waals surface area (Å²) >= 11 is 5.21. The summed E-state index contributed by atoms with van der Waals surface area (Å²) in [5.74, 6) is 1.03. The van der Waals surface area contributed by atoms with Crippen LogP contribution >= 0.6 is 27.9 Å². The molecule has 0 radical (unpaired) electrons. The Balaban J connectivity index is 1.60. The molecule has 22 heavy (non-hydrogen) atoms. The molecule has 1 aliphatic heterocycles. The third kappa shape index (κ3) is 3.67. The average molecular weight is 378 g/mol. The molecule has 3 rings (SSSR count). The summed E-state index contributed by atoms with van der Waals surface area (Å²) in [7, 11) is 0. The Kier molecular flexibility index (Phi) is 5.11. The van der Waals surface area contributed by atoms with Crippen molar-refractivity contribution in [1.82, 2.24) is 4.31 Å². The Labute approximate surface area is 144 Å². The molecule has 1 aliphatic rings. The van der Waals surface area contributed by atoms with E-state index in [2.05, 4.69) is 50.6 Å². The molecule has 0 bridgehead atoms. The minimum Gasteiger partial charge on any atom is -0.506 e. The first-order valence-electron chi connectivity index (χ1n) is 7.60. The molecule has 0 atom stereocenters. The minimum absolute atomic E-state index is 0.340. The lowest BCUT2D eigenvalue weighted by molar-refractivity contribution is 0.346. The van der Waals surface area contributed by atoms with E-state index >= 15 is 0 Å². The molecule has 2 nitrogen and oxygen atoms in total. The van der Waals surface area contributed by atoms with Gasteiger partial charge in [-0.15, -0.1) is 0 Å². The van der Waals surface area contributed by atoms with Crippen molar-refractivity contribution in [3.05, 3.63) is 58.1 Å². The number of benzene rings is 2. The van der Waals surface area contributed by atoms with Crippen LogP contribution in [-0.4, -0.2) is 22.5 Å². The molecule has 0 aromatic heterocycles. The highest BCUT2D eigenvalue weighted by Gasteiger charge is 2.21. The van der Waals surface area contributed by atoms with E-state index in [1.54, 1.807) is 11.9 Å². The van der Waals surface area contributed by atoms with E-state index in [9.17, 15) is 5.11 Å². The molecule has 0 spiro atoms. The van der Waals surface area contributed by atoms with E-state index in [1.165, 1.54) is 23.3 Å². The lowest BCUT2D eigenvalue weighted by Gasteiger charge is -2.31. The zero-order valence-corrected chi connectivity index (χ0v) is 15.0. The fourth-order valence-electron chi connectivity index (χ4n) is 2.91. The van der Waals surface area contributed by atoms with Gasteiger partial charge in [-0.25, -0.2) is 4.31 Å². The molecule has 2 aromatic carbocycles. The van der Waals surface area contributed by atoms with E-state index in [0.29, 0.717) is 11.7 Å². The van der Waals surface area contributed by atoms with Gasteiger partial charge >= 0.3 is 0 Å². The van der Waals surface area contributed by atoms with E-state index in [4.69, 9.17) is 0 Å². The highest BCUT2D eigenvalue weighted by atomic mass is 79.9. The van der Waals surface area contributed by atoms with Gasteiger partial charge in [0.15, 0.2) is 0 Å². The van der Waals surface area contributed by atoms with Crippen molar-refractivity contribution in [3.63, 3.8) is 0 Å². The maximum absolute atomic E-state index is 9.83. The summed E-state index contributed by atoms with van der Waals surface area (Å²) in [4.78, 5) is 1.18. The van der Waals surface area contributed by atoms with Crippen molar-refractivity contribution in [1.29, 1.82) is 0 Å². The normalized spacial score (nSPS) is 16.8. The molecule has 1 N–H and O–H groups in total. The van der Waals surface area contributed by atoms with Gasteiger partial charge in [0.05, 0.1) is 4.47 Å². The van der Waals surface area contributed by atoms with Crippen LogP contribution in [0.5, 0.6) is 5.75 Å². The zero-order chi connectivity index (χ0) is 15.5. The van der Waals surface area contributed by atoms with E-state index in [0.717, 1.165) is 23.1 Å². The number of halogens is 1. The summed E-state index contributed by atoms with van der Waals surface area (Å²) in [6.45, 7) is 4.13. The van der Waals surface area contributed by atoms with Gasteiger partial charge in [-0.05, 0) is 76.8 Å². The Hall–Kier alpha value is -0.970. The second-order valence-electron chi connectivity index (χ2n) is 5.78. The van der Waals surface area contributed by atoms with Crippen molar-refractivity contribution >= 4 is 27.9 Å². The largest absolute Gasteiger partial charge is 0.506 e. The molecule has 1 fully saturated rings. The Morgan fingerprint density at radius 2 is 1.82 bits per heavy atom. The minimum atomic E-state index is 0.340. The first kappa shape index (κ1) is 15.9. The molecule has 0 saturated carbocycles. The van der Waals surface area contributed by atoms with E-state index < -0.39 is 0 Å². The van der Waals surface area contributed by atoms with Crippen LogP contribution in [0.1, 0.15) is 29.9 Å². The molecule has 1 saturated heterocycles.